The van der Waals surface area contributed by atoms with Crippen LogP contribution in [0.15, 0.2) is 30.3 Å². The summed E-state index contributed by atoms with van der Waals surface area (Å²) in [7, 11) is 0. The molecule has 3 rings (SSSR count). The molecule has 0 spiro atoms. The Morgan fingerprint density at radius 1 is 1.29 bits per heavy atom. The lowest BCUT2D eigenvalue weighted by molar-refractivity contribution is -0.122. The van der Waals surface area contributed by atoms with Gasteiger partial charge in [0.15, 0.2) is 11.9 Å². The van der Waals surface area contributed by atoms with Crippen LogP contribution in [0.3, 0.4) is 0 Å². The third kappa shape index (κ3) is 3.53. The maximum atomic E-state index is 12.4. The Kier molecular flexibility index (Phi) is 5.05. The Morgan fingerprint density at radius 2 is 2.08 bits per heavy atom. The number of aromatic nitrogens is 4. The lowest BCUT2D eigenvalue weighted by Crippen LogP contribution is -2.32. The summed E-state index contributed by atoms with van der Waals surface area (Å²) in [5.41, 5.74) is 0. The SMILES string of the molecule is CCCc1nnc2sc(NC(=O)[C@H](CC)Oc3ccccc3)nn12. The Balaban J connectivity index is 1.70. The molecule has 0 unspecified atom stereocenters. The molecular weight excluding hydrogens is 326 g/mol. The first-order valence-corrected chi connectivity index (χ1v) is 8.76. The van der Waals surface area contributed by atoms with Gasteiger partial charge >= 0.3 is 0 Å². The number of rotatable bonds is 7. The Hall–Kier alpha value is -2.48. The van der Waals surface area contributed by atoms with Crippen LogP contribution in [0.25, 0.3) is 4.96 Å². The van der Waals surface area contributed by atoms with Crippen molar-refractivity contribution in [1.29, 1.82) is 0 Å². The van der Waals surface area contributed by atoms with Gasteiger partial charge in [-0.25, -0.2) is 0 Å². The van der Waals surface area contributed by atoms with Crippen molar-refractivity contribution in [3.05, 3.63) is 36.2 Å². The van der Waals surface area contributed by atoms with Crippen molar-refractivity contribution in [3.8, 4) is 5.75 Å². The number of benzene rings is 1. The molecule has 1 atom stereocenters. The molecule has 0 aliphatic rings. The van der Waals surface area contributed by atoms with Gasteiger partial charge in [0.25, 0.3) is 5.91 Å². The van der Waals surface area contributed by atoms with Crippen LogP contribution in [0.2, 0.25) is 0 Å². The van der Waals surface area contributed by atoms with Crippen LogP contribution in [-0.4, -0.2) is 31.8 Å². The summed E-state index contributed by atoms with van der Waals surface area (Å²) in [4.78, 5) is 13.1. The monoisotopic (exact) mass is 345 g/mol. The molecule has 2 aromatic heterocycles. The maximum Gasteiger partial charge on any atom is 0.267 e. The fourth-order valence-corrected chi connectivity index (χ4v) is 3.02. The van der Waals surface area contributed by atoms with Crippen molar-refractivity contribution in [1.82, 2.24) is 19.8 Å². The molecule has 24 heavy (non-hydrogen) atoms. The molecule has 126 valence electrons. The summed E-state index contributed by atoms with van der Waals surface area (Å²) in [5, 5.41) is 15.9. The number of aryl methyl sites for hydroxylation is 1. The van der Waals surface area contributed by atoms with Gasteiger partial charge in [0.05, 0.1) is 0 Å². The standard InChI is InChI=1S/C16H19N5O2S/c1-3-8-13-18-19-16-21(13)20-15(24-16)17-14(22)12(4-2)23-11-9-6-5-7-10-11/h5-7,9-10,12H,3-4,8H2,1-2H3,(H,17,20,22)/t12-/m0/s1. The number of hydrogen-bond donors (Lipinski definition) is 1. The van der Waals surface area contributed by atoms with E-state index in [4.69, 9.17) is 4.74 Å². The van der Waals surface area contributed by atoms with Crippen LogP contribution in [0, 0.1) is 0 Å². The zero-order valence-corrected chi connectivity index (χ0v) is 14.4. The molecule has 0 fully saturated rings. The second kappa shape index (κ2) is 7.39. The Morgan fingerprint density at radius 3 is 2.79 bits per heavy atom. The first-order chi connectivity index (χ1) is 11.7. The largest absolute Gasteiger partial charge is 0.481 e. The molecule has 3 aromatic rings. The number of nitrogens with one attached hydrogen (secondary N) is 1. The van der Waals surface area contributed by atoms with E-state index in [-0.39, 0.29) is 5.91 Å². The molecule has 1 amide bonds. The zero-order valence-electron chi connectivity index (χ0n) is 13.6. The van der Waals surface area contributed by atoms with Gasteiger partial charge in [-0.2, -0.15) is 4.52 Å². The number of ether oxygens (including phenoxy) is 1. The normalized spacial score (nSPS) is 12.2. The van der Waals surface area contributed by atoms with Gasteiger partial charge in [-0.1, -0.05) is 43.4 Å². The maximum absolute atomic E-state index is 12.4. The molecule has 0 radical (unpaired) electrons. The molecule has 0 saturated heterocycles. The fourth-order valence-electron chi connectivity index (χ4n) is 2.26. The lowest BCUT2D eigenvalue weighted by atomic mass is 10.2. The fraction of sp³-hybridized carbons (Fsp3) is 0.375. The van der Waals surface area contributed by atoms with Crippen molar-refractivity contribution >= 4 is 27.3 Å². The van der Waals surface area contributed by atoms with E-state index in [1.807, 2.05) is 37.3 Å². The number of fused-ring (bicyclic) bond motifs is 1. The molecule has 2 heterocycles. The second-order valence-corrected chi connectivity index (χ2v) is 6.24. The minimum atomic E-state index is -0.572. The number of carbonyl (C=O) groups is 1. The van der Waals surface area contributed by atoms with E-state index >= 15 is 0 Å². The molecule has 1 N–H and O–H groups in total. The van der Waals surface area contributed by atoms with E-state index in [9.17, 15) is 4.79 Å². The molecule has 8 heteroatoms. The van der Waals surface area contributed by atoms with Crippen LogP contribution in [0.4, 0.5) is 5.13 Å². The molecule has 1 aromatic carbocycles. The van der Waals surface area contributed by atoms with Crippen LogP contribution in [0.1, 0.15) is 32.5 Å². The van der Waals surface area contributed by atoms with Crippen LogP contribution in [-0.2, 0) is 11.2 Å². The zero-order chi connectivity index (χ0) is 16.9. The Labute approximate surface area is 143 Å². The summed E-state index contributed by atoms with van der Waals surface area (Å²) >= 11 is 1.30. The summed E-state index contributed by atoms with van der Waals surface area (Å²) < 4.78 is 7.43. The first kappa shape index (κ1) is 16.4. The van der Waals surface area contributed by atoms with Gasteiger partial charge in [-0.3, -0.25) is 10.1 Å². The number of nitrogens with zero attached hydrogens (tertiary/aromatic N) is 4. The highest BCUT2D eigenvalue weighted by atomic mass is 32.1. The highest BCUT2D eigenvalue weighted by Gasteiger charge is 2.21. The van der Waals surface area contributed by atoms with Crippen LogP contribution >= 0.6 is 11.3 Å². The molecule has 7 nitrogen and oxygen atoms in total. The number of amides is 1. The molecular formula is C16H19N5O2S. The average molecular weight is 345 g/mol. The van der Waals surface area contributed by atoms with Crippen molar-refractivity contribution in [2.45, 2.75) is 39.2 Å². The van der Waals surface area contributed by atoms with Gasteiger partial charge in [0.1, 0.15) is 5.75 Å². The number of para-hydroxylation sites is 1. The molecule has 0 bridgehead atoms. The minimum Gasteiger partial charge on any atom is -0.481 e. The lowest BCUT2D eigenvalue weighted by Gasteiger charge is -2.16. The topological polar surface area (TPSA) is 81.4 Å². The smallest absolute Gasteiger partial charge is 0.267 e. The van der Waals surface area contributed by atoms with Gasteiger partial charge in [-0.05, 0) is 25.0 Å². The first-order valence-electron chi connectivity index (χ1n) is 7.95. The number of anilines is 1. The third-order valence-electron chi connectivity index (χ3n) is 3.44. The van der Waals surface area contributed by atoms with Gasteiger partial charge in [0, 0.05) is 6.42 Å². The Bertz CT molecular complexity index is 814. The van der Waals surface area contributed by atoms with Crippen molar-refractivity contribution in [2.24, 2.45) is 0 Å². The van der Waals surface area contributed by atoms with Gasteiger partial charge in [0.2, 0.25) is 10.1 Å². The molecule has 0 saturated carbocycles. The summed E-state index contributed by atoms with van der Waals surface area (Å²) in [6.45, 7) is 3.98. The predicted molar refractivity (Wildman–Crippen MR) is 92.4 cm³/mol. The average Bonchev–Trinajstić information content (AvgIpc) is 3.15. The van der Waals surface area contributed by atoms with E-state index in [1.54, 1.807) is 4.52 Å². The highest BCUT2D eigenvalue weighted by molar-refractivity contribution is 7.20. The second-order valence-electron chi connectivity index (χ2n) is 5.28. The number of hydrogen-bond acceptors (Lipinski definition) is 6. The van der Waals surface area contributed by atoms with E-state index in [2.05, 4.69) is 27.5 Å². The minimum absolute atomic E-state index is 0.219. The van der Waals surface area contributed by atoms with Gasteiger partial charge in [-0.15, -0.1) is 15.3 Å². The van der Waals surface area contributed by atoms with E-state index in [0.29, 0.717) is 22.3 Å². The summed E-state index contributed by atoms with van der Waals surface area (Å²) in [5.74, 6) is 1.25. The van der Waals surface area contributed by atoms with Crippen molar-refractivity contribution in [2.75, 3.05) is 5.32 Å². The summed E-state index contributed by atoms with van der Waals surface area (Å²) in [6.07, 6.45) is 1.75. The third-order valence-corrected chi connectivity index (χ3v) is 4.26. The van der Waals surface area contributed by atoms with Crippen molar-refractivity contribution in [3.63, 3.8) is 0 Å². The van der Waals surface area contributed by atoms with E-state index < -0.39 is 6.10 Å². The van der Waals surface area contributed by atoms with E-state index in [1.165, 1.54) is 11.3 Å². The van der Waals surface area contributed by atoms with Crippen LogP contribution in [0.5, 0.6) is 5.75 Å². The highest BCUT2D eigenvalue weighted by Crippen LogP contribution is 2.20. The predicted octanol–water partition coefficient (Wildman–Crippen LogP) is 2.93. The van der Waals surface area contributed by atoms with Crippen LogP contribution < -0.4 is 10.1 Å². The molecule has 0 aliphatic carbocycles. The van der Waals surface area contributed by atoms with E-state index in [0.717, 1.165) is 18.7 Å². The van der Waals surface area contributed by atoms with Gasteiger partial charge < -0.3 is 4.74 Å². The molecule has 0 aliphatic heterocycles. The quantitative estimate of drug-likeness (QED) is 0.712. The summed E-state index contributed by atoms with van der Waals surface area (Å²) in [6, 6.07) is 9.31. The number of carbonyl (C=O) groups excluding carboxylic acids is 1. The van der Waals surface area contributed by atoms with Crippen molar-refractivity contribution < 1.29 is 9.53 Å².